The van der Waals surface area contributed by atoms with Gasteiger partial charge in [-0.1, -0.05) is 30.3 Å². The fraction of sp³-hybridized carbons (Fsp3) is 0. The average Bonchev–Trinajstić information content (AvgIpc) is 2.80. The fourth-order valence-electron chi connectivity index (χ4n) is 2.65. The third-order valence-electron chi connectivity index (χ3n) is 4.11. The van der Waals surface area contributed by atoms with Crippen molar-refractivity contribution in [1.29, 1.82) is 0 Å². The van der Waals surface area contributed by atoms with Crippen LogP contribution in [-0.2, 0) is 0 Å². The zero-order valence-corrected chi connectivity index (χ0v) is 17.6. The van der Waals surface area contributed by atoms with Gasteiger partial charge in [-0.15, -0.1) is 4.98 Å². The van der Waals surface area contributed by atoms with E-state index in [-0.39, 0.29) is 39.8 Å². The number of carbonyl (C=O) groups is 2. The van der Waals surface area contributed by atoms with Crippen molar-refractivity contribution in [3.63, 3.8) is 0 Å². The maximum absolute atomic E-state index is 11.2. The molecule has 10 heteroatoms. The Morgan fingerprint density at radius 2 is 1.18 bits per heavy atom. The lowest BCUT2D eigenvalue weighted by Gasteiger charge is -2.09. The van der Waals surface area contributed by atoms with Crippen LogP contribution in [0.4, 0.5) is 0 Å². The van der Waals surface area contributed by atoms with E-state index in [1.54, 1.807) is 12.1 Å². The van der Waals surface area contributed by atoms with E-state index in [0.29, 0.717) is 0 Å². The van der Waals surface area contributed by atoms with Crippen LogP contribution < -0.4 is 9.47 Å². The molecule has 0 amide bonds. The van der Waals surface area contributed by atoms with Crippen LogP contribution >= 0.6 is 11.8 Å². The second-order valence-corrected chi connectivity index (χ2v) is 7.51. The summed E-state index contributed by atoms with van der Waals surface area (Å²) >= 11 is 1.24. The Morgan fingerprint density at radius 3 is 1.67 bits per heavy atom. The zero-order chi connectivity index (χ0) is 23.2. The number of hydrogen-bond donors (Lipinski definition) is 2. The molecule has 3 aromatic carbocycles. The van der Waals surface area contributed by atoms with Gasteiger partial charge in [0, 0.05) is 4.90 Å². The van der Waals surface area contributed by atoms with Gasteiger partial charge < -0.3 is 19.7 Å². The number of ether oxygens (including phenoxy) is 2. The molecule has 9 nitrogen and oxygen atoms in total. The molecule has 2 N–H and O–H groups in total. The molecule has 0 spiro atoms. The van der Waals surface area contributed by atoms with Gasteiger partial charge in [-0.25, -0.2) is 9.59 Å². The highest BCUT2D eigenvalue weighted by Crippen LogP contribution is 2.30. The summed E-state index contributed by atoms with van der Waals surface area (Å²) in [6.45, 7) is 0. The number of rotatable bonds is 8. The summed E-state index contributed by atoms with van der Waals surface area (Å²) in [4.78, 5) is 36.0. The zero-order valence-electron chi connectivity index (χ0n) is 16.8. The van der Waals surface area contributed by atoms with E-state index in [1.807, 2.05) is 30.3 Å². The summed E-state index contributed by atoms with van der Waals surface area (Å²) in [5.74, 6) is -1.76. The first-order chi connectivity index (χ1) is 16.0. The molecule has 0 radical (unpaired) electrons. The molecule has 0 unspecified atom stereocenters. The molecule has 33 heavy (non-hydrogen) atoms. The van der Waals surface area contributed by atoms with Gasteiger partial charge >= 0.3 is 24.0 Å². The lowest BCUT2D eigenvalue weighted by Crippen LogP contribution is -2.02. The Balaban J connectivity index is 1.67. The Kier molecular flexibility index (Phi) is 6.46. The molecule has 0 fully saturated rings. The molecular formula is C23H15N3O6S. The van der Waals surface area contributed by atoms with Crippen molar-refractivity contribution in [2.24, 2.45) is 0 Å². The lowest BCUT2D eigenvalue weighted by atomic mass is 10.2. The maximum atomic E-state index is 11.2. The van der Waals surface area contributed by atoms with Gasteiger partial charge in [0.2, 0.25) is 5.16 Å². The fourth-order valence-corrected chi connectivity index (χ4v) is 3.40. The van der Waals surface area contributed by atoms with E-state index >= 15 is 0 Å². The highest BCUT2D eigenvalue weighted by Gasteiger charge is 2.14. The summed E-state index contributed by atoms with van der Waals surface area (Å²) < 4.78 is 11.3. The summed E-state index contributed by atoms with van der Waals surface area (Å²) in [6, 6.07) is 20.9. The standard InChI is InChI=1S/C23H15N3O6S/c27-19(28)14-6-4-8-16(12-14)31-21-24-22(32-17-9-5-7-15(13-17)20(29)30)26-23(25-21)33-18-10-2-1-3-11-18/h1-13H,(H,27,28)(H,29,30). The van der Waals surface area contributed by atoms with Crippen molar-refractivity contribution in [3.8, 4) is 23.5 Å². The van der Waals surface area contributed by atoms with E-state index in [4.69, 9.17) is 9.47 Å². The van der Waals surface area contributed by atoms with Crippen molar-refractivity contribution < 1.29 is 29.3 Å². The van der Waals surface area contributed by atoms with Crippen molar-refractivity contribution in [1.82, 2.24) is 15.0 Å². The van der Waals surface area contributed by atoms with Crippen LogP contribution in [0.5, 0.6) is 23.5 Å². The number of carboxylic acids is 2. The van der Waals surface area contributed by atoms with E-state index in [1.165, 1.54) is 48.2 Å². The minimum Gasteiger partial charge on any atom is -0.478 e. The SMILES string of the molecule is O=C(O)c1cccc(Oc2nc(Oc3cccc(C(=O)O)c3)nc(Sc3ccccc3)n2)c1. The van der Waals surface area contributed by atoms with Gasteiger partial charge in [0.15, 0.2) is 0 Å². The molecule has 0 saturated heterocycles. The van der Waals surface area contributed by atoms with Crippen LogP contribution in [0.1, 0.15) is 20.7 Å². The molecule has 0 aliphatic heterocycles. The highest BCUT2D eigenvalue weighted by atomic mass is 32.2. The van der Waals surface area contributed by atoms with Crippen LogP contribution in [0.3, 0.4) is 0 Å². The topological polar surface area (TPSA) is 132 Å². The largest absolute Gasteiger partial charge is 0.478 e. The molecule has 0 aliphatic carbocycles. The predicted octanol–water partition coefficient (Wildman–Crippen LogP) is 5.00. The van der Waals surface area contributed by atoms with Crippen LogP contribution in [0.25, 0.3) is 0 Å². The smallest absolute Gasteiger partial charge is 0.335 e. The molecule has 0 atom stereocenters. The third-order valence-corrected chi connectivity index (χ3v) is 4.98. The van der Waals surface area contributed by atoms with Gasteiger partial charge in [-0.05, 0) is 60.3 Å². The van der Waals surface area contributed by atoms with Crippen LogP contribution in [-0.4, -0.2) is 37.1 Å². The Hall–Kier alpha value is -4.44. The first-order valence-corrected chi connectivity index (χ1v) is 10.3. The second kappa shape index (κ2) is 9.79. The van der Waals surface area contributed by atoms with E-state index < -0.39 is 11.9 Å². The summed E-state index contributed by atoms with van der Waals surface area (Å²) in [5, 5.41) is 18.7. The molecule has 1 aromatic heterocycles. The molecule has 164 valence electrons. The van der Waals surface area contributed by atoms with Crippen LogP contribution in [0, 0.1) is 0 Å². The first-order valence-electron chi connectivity index (χ1n) is 9.48. The van der Waals surface area contributed by atoms with E-state index in [2.05, 4.69) is 15.0 Å². The minimum atomic E-state index is -1.10. The maximum Gasteiger partial charge on any atom is 0.335 e. The molecule has 0 bridgehead atoms. The van der Waals surface area contributed by atoms with Crippen molar-refractivity contribution >= 4 is 23.7 Å². The lowest BCUT2D eigenvalue weighted by molar-refractivity contribution is 0.0686. The van der Waals surface area contributed by atoms with Crippen LogP contribution in [0.2, 0.25) is 0 Å². The van der Waals surface area contributed by atoms with Gasteiger partial charge in [0.1, 0.15) is 11.5 Å². The Labute approximate surface area is 191 Å². The second-order valence-electron chi connectivity index (χ2n) is 6.47. The van der Waals surface area contributed by atoms with Crippen molar-refractivity contribution in [2.75, 3.05) is 0 Å². The Bertz CT molecular complexity index is 1240. The molecule has 0 saturated carbocycles. The number of carboxylic acid groups (broad SMARTS) is 2. The summed E-state index contributed by atoms with van der Waals surface area (Å²) in [6.07, 6.45) is 0. The van der Waals surface area contributed by atoms with Crippen LogP contribution in [0.15, 0.2) is 88.9 Å². The van der Waals surface area contributed by atoms with E-state index in [9.17, 15) is 19.8 Å². The molecule has 4 rings (SSSR count). The van der Waals surface area contributed by atoms with Gasteiger partial charge in [-0.3, -0.25) is 0 Å². The van der Waals surface area contributed by atoms with Crippen molar-refractivity contribution in [2.45, 2.75) is 10.1 Å². The summed E-state index contributed by atoms with van der Waals surface area (Å²) in [5.41, 5.74) is 0.0878. The normalized spacial score (nSPS) is 10.4. The number of hydrogen-bond acceptors (Lipinski definition) is 8. The quantitative estimate of drug-likeness (QED) is 0.369. The van der Waals surface area contributed by atoms with E-state index in [0.717, 1.165) is 4.90 Å². The van der Waals surface area contributed by atoms with Crippen molar-refractivity contribution in [3.05, 3.63) is 90.0 Å². The number of nitrogens with zero attached hydrogens (tertiary/aromatic N) is 3. The third kappa shape index (κ3) is 5.83. The first kappa shape index (κ1) is 21.8. The highest BCUT2D eigenvalue weighted by molar-refractivity contribution is 7.99. The molecule has 0 aliphatic rings. The predicted molar refractivity (Wildman–Crippen MR) is 117 cm³/mol. The molecule has 4 aromatic rings. The number of aromatic carboxylic acids is 2. The summed E-state index contributed by atoms with van der Waals surface area (Å²) in [7, 11) is 0. The minimum absolute atomic E-state index is 0.0439. The van der Waals surface area contributed by atoms with Gasteiger partial charge in [-0.2, -0.15) is 9.97 Å². The van der Waals surface area contributed by atoms with Gasteiger partial charge in [0.05, 0.1) is 11.1 Å². The number of benzene rings is 3. The van der Waals surface area contributed by atoms with Gasteiger partial charge in [0.25, 0.3) is 0 Å². The number of aromatic nitrogens is 3. The monoisotopic (exact) mass is 461 g/mol. The molecular weight excluding hydrogens is 446 g/mol. The molecule has 1 heterocycles. The Morgan fingerprint density at radius 1 is 0.667 bits per heavy atom. The average molecular weight is 461 g/mol.